The average Bonchev–Trinajstić information content (AvgIpc) is 2.35. The van der Waals surface area contributed by atoms with Crippen molar-refractivity contribution in [2.24, 2.45) is 0 Å². The van der Waals surface area contributed by atoms with Crippen LogP contribution in [0.15, 0.2) is 24.3 Å². The van der Waals surface area contributed by atoms with Gasteiger partial charge in [-0.3, -0.25) is 4.79 Å². The molecular formula is C14H21ClN2O. The fraction of sp³-hybridized carbons (Fsp3) is 0.500. The Morgan fingerprint density at radius 2 is 2.17 bits per heavy atom. The second kappa shape index (κ2) is 8.95. The van der Waals surface area contributed by atoms with Crippen LogP contribution in [0.25, 0.3) is 0 Å². The van der Waals surface area contributed by atoms with Gasteiger partial charge in [0.05, 0.1) is 6.54 Å². The van der Waals surface area contributed by atoms with Gasteiger partial charge in [0.25, 0.3) is 0 Å². The number of amides is 1. The molecule has 0 radical (unpaired) electrons. The second-order valence-electron chi connectivity index (χ2n) is 4.26. The molecule has 0 bridgehead atoms. The number of hydrogen-bond donors (Lipinski definition) is 2. The van der Waals surface area contributed by atoms with E-state index in [1.165, 1.54) is 0 Å². The third-order valence-electron chi connectivity index (χ3n) is 2.62. The zero-order valence-corrected chi connectivity index (χ0v) is 11.6. The van der Waals surface area contributed by atoms with Gasteiger partial charge in [-0.25, -0.2) is 0 Å². The monoisotopic (exact) mass is 268 g/mol. The van der Waals surface area contributed by atoms with E-state index in [0.29, 0.717) is 13.1 Å². The molecule has 0 unspecified atom stereocenters. The summed E-state index contributed by atoms with van der Waals surface area (Å²) in [5.41, 5.74) is 1.14. The first-order valence-corrected chi connectivity index (χ1v) is 6.82. The number of benzene rings is 1. The molecule has 2 N–H and O–H groups in total. The quantitative estimate of drug-likeness (QED) is 0.711. The molecule has 4 heteroatoms. The van der Waals surface area contributed by atoms with Crippen molar-refractivity contribution in [2.75, 3.05) is 19.6 Å². The number of carbonyl (C=O) groups excluding carboxylic acids is 1. The van der Waals surface area contributed by atoms with Crippen LogP contribution >= 0.6 is 11.6 Å². The summed E-state index contributed by atoms with van der Waals surface area (Å²) < 4.78 is 0. The maximum Gasteiger partial charge on any atom is 0.233 e. The van der Waals surface area contributed by atoms with Gasteiger partial charge in [-0.2, -0.15) is 0 Å². The lowest BCUT2D eigenvalue weighted by Gasteiger charge is -2.06. The zero-order valence-electron chi connectivity index (χ0n) is 10.8. The lowest BCUT2D eigenvalue weighted by molar-refractivity contribution is -0.120. The summed E-state index contributed by atoms with van der Waals surface area (Å²) in [4.78, 5) is 11.5. The molecule has 1 rings (SSSR count). The number of unbranched alkanes of at least 4 members (excludes halogenated alkanes) is 1. The number of halogens is 1. The number of carbonyl (C=O) groups is 1. The van der Waals surface area contributed by atoms with Crippen molar-refractivity contribution in [3.05, 3.63) is 34.9 Å². The highest BCUT2D eigenvalue weighted by atomic mass is 35.5. The Morgan fingerprint density at radius 1 is 1.33 bits per heavy atom. The SMILES string of the molecule is CCCCNCC(=O)NCCc1cccc(Cl)c1. The summed E-state index contributed by atoms with van der Waals surface area (Å²) in [6.07, 6.45) is 3.06. The first-order chi connectivity index (χ1) is 8.72. The Morgan fingerprint density at radius 3 is 2.89 bits per heavy atom. The van der Waals surface area contributed by atoms with Crippen molar-refractivity contribution in [1.82, 2.24) is 10.6 Å². The Hall–Kier alpha value is -1.06. The molecule has 0 heterocycles. The van der Waals surface area contributed by atoms with Crippen molar-refractivity contribution in [1.29, 1.82) is 0 Å². The normalized spacial score (nSPS) is 10.3. The van der Waals surface area contributed by atoms with Gasteiger partial charge in [0.2, 0.25) is 5.91 Å². The third-order valence-corrected chi connectivity index (χ3v) is 2.85. The summed E-state index contributed by atoms with van der Waals surface area (Å²) in [6, 6.07) is 7.71. The smallest absolute Gasteiger partial charge is 0.233 e. The van der Waals surface area contributed by atoms with Gasteiger partial charge in [-0.05, 0) is 37.1 Å². The van der Waals surface area contributed by atoms with Crippen LogP contribution in [0.3, 0.4) is 0 Å². The molecule has 1 amide bonds. The summed E-state index contributed by atoms with van der Waals surface area (Å²) in [6.45, 7) is 4.08. The van der Waals surface area contributed by atoms with Crippen LogP contribution in [0.5, 0.6) is 0 Å². The molecular weight excluding hydrogens is 248 g/mol. The molecule has 0 saturated carbocycles. The highest BCUT2D eigenvalue weighted by Crippen LogP contribution is 2.10. The fourth-order valence-corrected chi connectivity index (χ4v) is 1.82. The van der Waals surface area contributed by atoms with E-state index in [0.717, 1.165) is 36.4 Å². The molecule has 0 fully saturated rings. The van der Waals surface area contributed by atoms with Crippen LogP contribution < -0.4 is 10.6 Å². The molecule has 1 aromatic rings. The van der Waals surface area contributed by atoms with Crippen molar-refractivity contribution in [2.45, 2.75) is 26.2 Å². The minimum Gasteiger partial charge on any atom is -0.355 e. The van der Waals surface area contributed by atoms with E-state index >= 15 is 0 Å². The summed E-state index contributed by atoms with van der Waals surface area (Å²) in [5, 5.41) is 6.73. The maximum atomic E-state index is 11.5. The van der Waals surface area contributed by atoms with Crippen LogP contribution in [0.1, 0.15) is 25.3 Å². The standard InChI is InChI=1S/C14H21ClN2O/c1-2-3-8-16-11-14(18)17-9-7-12-5-4-6-13(15)10-12/h4-6,10,16H,2-3,7-9,11H2,1H3,(H,17,18). The Bertz CT molecular complexity index is 369. The van der Waals surface area contributed by atoms with E-state index in [1.54, 1.807) is 0 Å². The van der Waals surface area contributed by atoms with Crippen LogP contribution in [-0.2, 0) is 11.2 Å². The van der Waals surface area contributed by atoms with Crippen molar-refractivity contribution in [3.63, 3.8) is 0 Å². The first kappa shape index (κ1) is 15.0. The maximum absolute atomic E-state index is 11.5. The lowest BCUT2D eigenvalue weighted by atomic mass is 10.1. The Kier molecular flexibility index (Phi) is 7.46. The van der Waals surface area contributed by atoms with Crippen LogP contribution in [0.4, 0.5) is 0 Å². The zero-order chi connectivity index (χ0) is 13.2. The van der Waals surface area contributed by atoms with Gasteiger partial charge in [-0.1, -0.05) is 37.1 Å². The number of rotatable bonds is 8. The van der Waals surface area contributed by atoms with Crippen LogP contribution in [-0.4, -0.2) is 25.5 Å². The minimum atomic E-state index is 0.0492. The van der Waals surface area contributed by atoms with Crippen molar-refractivity contribution in [3.8, 4) is 0 Å². The molecule has 18 heavy (non-hydrogen) atoms. The van der Waals surface area contributed by atoms with Gasteiger partial charge in [0, 0.05) is 11.6 Å². The molecule has 3 nitrogen and oxygen atoms in total. The van der Waals surface area contributed by atoms with E-state index < -0.39 is 0 Å². The van der Waals surface area contributed by atoms with Crippen molar-refractivity contribution >= 4 is 17.5 Å². The molecule has 0 atom stereocenters. The molecule has 0 aliphatic carbocycles. The minimum absolute atomic E-state index is 0.0492. The molecule has 0 aliphatic rings. The molecule has 0 aromatic heterocycles. The van der Waals surface area contributed by atoms with Gasteiger partial charge in [0.15, 0.2) is 0 Å². The van der Waals surface area contributed by atoms with Gasteiger partial charge >= 0.3 is 0 Å². The topological polar surface area (TPSA) is 41.1 Å². The molecule has 0 saturated heterocycles. The predicted octanol–water partition coefficient (Wildman–Crippen LogP) is 2.39. The van der Waals surface area contributed by atoms with Crippen LogP contribution in [0.2, 0.25) is 5.02 Å². The van der Waals surface area contributed by atoms with Crippen LogP contribution in [0, 0.1) is 0 Å². The lowest BCUT2D eigenvalue weighted by Crippen LogP contribution is -2.35. The average molecular weight is 269 g/mol. The summed E-state index contributed by atoms with van der Waals surface area (Å²) in [5.74, 6) is 0.0492. The highest BCUT2D eigenvalue weighted by Gasteiger charge is 2.00. The van der Waals surface area contributed by atoms with Gasteiger partial charge in [-0.15, -0.1) is 0 Å². The molecule has 1 aromatic carbocycles. The first-order valence-electron chi connectivity index (χ1n) is 6.44. The third kappa shape index (κ3) is 6.62. The van der Waals surface area contributed by atoms with E-state index in [1.807, 2.05) is 24.3 Å². The number of nitrogens with one attached hydrogen (secondary N) is 2. The Balaban J connectivity index is 2.12. The summed E-state index contributed by atoms with van der Waals surface area (Å²) in [7, 11) is 0. The predicted molar refractivity (Wildman–Crippen MR) is 75.9 cm³/mol. The molecule has 0 aliphatic heterocycles. The largest absolute Gasteiger partial charge is 0.355 e. The second-order valence-corrected chi connectivity index (χ2v) is 4.70. The van der Waals surface area contributed by atoms with E-state index in [2.05, 4.69) is 17.6 Å². The van der Waals surface area contributed by atoms with E-state index in [4.69, 9.17) is 11.6 Å². The van der Waals surface area contributed by atoms with E-state index in [9.17, 15) is 4.79 Å². The molecule has 0 spiro atoms. The fourth-order valence-electron chi connectivity index (χ4n) is 1.60. The summed E-state index contributed by atoms with van der Waals surface area (Å²) >= 11 is 5.89. The number of hydrogen-bond acceptors (Lipinski definition) is 2. The molecule has 100 valence electrons. The van der Waals surface area contributed by atoms with E-state index in [-0.39, 0.29) is 5.91 Å². The van der Waals surface area contributed by atoms with Gasteiger partial charge < -0.3 is 10.6 Å². The van der Waals surface area contributed by atoms with Gasteiger partial charge in [0.1, 0.15) is 0 Å². The highest BCUT2D eigenvalue weighted by molar-refractivity contribution is 6.30. The van der Waals surface area contributed by atoms with Crippen molar-refractivity contribution < 1.29 is 4.79 Å². The Labute approximate surface area is 114 Å².